The van der Waals surface area contributed by atoms with Crippen molar-refractivity contribution in [2.24, 2.45) is 0 Å². The lowest BCUT2D eigenvalue weighted by Gasteiger charge is -2.30. The van der Waals surface area contributed by atoms with E-state index in [1.54, 1.807) is 0 Å². The minimum Gasteiger partial charge on any atom is -0.376 e. The van der Waals surface area contributed by atoms with Crippen LogP contribution in [0.2, 0.25) is 0 Å². The van der Waals surface area contributed by atoms with E-state index in [2.05, 4.69) is 41.2 Å². The third-order valence-electron chi connectivity index (χ3n) is 3.19. The molecule has 0 aromatic carbocycles. The quantitative estimate of drug-likeness (QED) is 0.905. The highest BCUT2D eigenvalue weighted by Crippen LogP contribution is 2.35. The Hall–Kier alpha value is 0.1000. The van der Waals surface area contributed by atoms with Gasteiger partial charge in [-0.2, -0.15) is 0 Å². The monoisotopic (exact) mass is 317 g/mol. The fraction of sp³-hybridized carbons (Fsp3) is 0.692. The van der Waals surface area contributed by atoms with Gasteiger partial charge in [0.05, 0.1) is 15.9 Å². The zero-order valence-electron chi connectivity index (χ0n) is 10.5. The van der Waals surface area contributed by atoms with Crippen LogP contribution in [0, 0.1) is 6.92 Å². The SMILES string of the molecule is CCNC(c1cc(C)c(Br)s1)C1CCCCO1. The molecule has 1 saturated heterocycles. The van der Waals surface area contributed by atoms with E-state index in [0.717, 1.165) is 13.2 Å². The Balaban J connectivity index is 2.15. The van der Waals surface area contributed by atoms with E-state index in [0.29, 0.717) is 12.1 Å². The first kappa shape index (κ1) is 13.5. The average molecular weight is 318 g/mol. The molecule has 4 heteroatoms. The molecule has 2 heterocycles. The second kappa shape index (κ2) is 6.32. The van der Waals surface area contributed by atoms with Gasteiger partial charge < -0.3 is 10.1 Å². The molecule has 17 heavy (non-hydrogen) atoms. The van der Waals surface area contributed by atoms with Gasteiger partial charge in [0, 0.05) is 11.5 Å². The molecule has 1 aliphatic rings. The highest BCUT2D eigenvalue weighted by molar-refractivity contribution is 9.11. The van der Waals surface area contributed by atoms with Gasteiger partial charge in [-0.3, -0.25) is 0 Å². The molecule has 0 bridgehead atoms. The number of aryl methyl sites for hydroxylation is 1. The Morgan fingerprint density at radius 1 is 1.59 bits per heavy atom. The van der Waals surface area contributed by atoms with Crippen LogP contribution in [0.3, 0.4) is 0 Å². The Morgan fingerprint density at radius 3 is 2.94 bits per heavy atom. The standard InChI is InChI=1S/C13H20BrNOS/c1-3-15-12(10-6-4-5-7-16-10)11-8-9(2)13(14)17-11/h8,10,12,15H,3-7H2,1-2H3. The topological polar surface area (TPSA) is 21.3 Å². The Bertz CT molecular complexity index is 341. The number of likely N-dealkylation sites (N-methyl/N-ethyl adjacent to an activating group) is 1. The van der Waals surface area contributed by atoms with Crippen molar-refractivity contribution in [1.29, 1.82) is 0 Å². The number of hydrogen-bond donors (Lipinski definition) is 1. The van der Waals surface area contributed by atoms with Gasteiger partial charge in [0.15, 0.2) is 0 Å². The predicted molar refractivity (Wildman–Crippen MR) is 76.8 cm³/mol. The maximum atomic E-state index is 5.93. The van der Waals surface area contributed by atoms with Crippen molar-refractivity contribution in [1.82, 2.24) is 5.32 Å². The number of ether oxygens (including phenoxy) is 1. The summed E-state index contributed by atoms with van der Waals surface area (Å²) in [7, 11) is 0. The molecule has 1 fully saturated rings. The molecule has 0 amide bonds. The summed E-state index contributed by atoms with van der Waals surface area (Å²) in [5, 5.41) is 3.57. The maximum absolute atomic E-state index is 5.93. The van der Waals surface area contributed by atoms with Gasteiger partial charge >= 0.3 is 0 Å². The normalized spacial score (nSPS) is 22.6. The lowest BCUT2D eigenvalue weighted by atomic mass is 10.0. The Morgan fingerprint density at radius 2 is 2.41 bits per heavy atom. The van der Waals surface area contributed by atoms with E-state index in [-0.39, 0.29) is 0 Å². The van der Waals surface area contributed by atoms with Crippen LogP contribution in [0.15, 0.2) is 9.85 Å². The molecule has 0 aliphatic carbocycles. The highest BCUT2D eigenvalue weighted by Gasteiger charge is 2.26. The molecule has 2 nitrogen and oxygen atoms in total. The molecule has 96 valence electrons. The number of nitrogens with one attached hydrogen (secondary N) is 1. The van der Waals surface area contributed by atoms with Crippen LogP contribution in [-0.4, -0.2) is 19.3 Å². The largest absolute Gasteiger partial charge is 0.376 e. The predicted octanol–water partition coefficient (Wildman–Crippen LogP) is 4.04. The number of rotatable bonds is 4. The summed E-state index contributed by atoms with van der Waals surface area (Å²) in [6.45, 7) is 6.21. The molecule has 0 spiro atoms. The van der Waals surface area contributed by atoms with Crippen LogP contribution in [0.4, 0.5) is 0 Å². The lowest BCUT2D eigenvalue weighted by Crippen LogP contribution is -2.35. The summed E-state index contributed by atoms with van der Waals surface area (Å²) in [6.07, 6.45) is 4.01. The summed E-state index contributed by atoms with van der Waals surface area (Å²) in [4.78, 5) is 1.39. The second-order valence-corrected chi connectivity index (χ2v) is 6.95. The van der Waals surface area contributed by atoms with Crippen molar-refractivity contribution in [3.8, 4) is 0 Å². The smallest absolute Gasteiger partial charge is 0.0777 e. The van der Waals surface area contributed by atoms with E-state index >= 15 is 0 Å². The summed E-state index contributed by atoms with van der Waals surface area (Å²) in [6, 6.07) is 2.63. The van der Waals surface area contributed by atoms with Crippen LogP contribution in [0.5, 0.6) is 0 Å². The summed E-state index contributed by atoms with van der Waals surface area (Å²) < 4.78 is 7.17. The minimum absolute atomic E-state index is 0.341. The Labute approximate surface area is 116 Å². The van der Waals surface area contributed by atoms with Gasteiger partial charge in [-0.05, 0) is 60.3 Å². The number of halogens is 1. The van der Waals surface area contributed by atoms with E-state index in [1.807, 2.05) is 11.3 Å². The lowest BCUT2D eigenvalue weighted by molar-refractivity contribution is -0.00712. The molecule has 0 saturated carbocycles. The number of thiophene rings is 1. The van der Waals surface area contributed by atoms with E-state index in [9.17, 15) is 0 Å². The molecule has 1 aliphatic heterocycles. The second-order valence-electron chi connectivity index (χ2n) is 4.55. The van der Waals surface area contributed by atoms with E-state index in [4.69, 9.17) is 4.74 Å². The summed E-state index contributed by atoms with van der Waals surface area (Å²) >= 11 is 5.44. The van der Waals surface area contributed by atoms with Gasteiger partial charge in [0.1, 0.15) is 0 Å². The molecule has 1 aromatic heterocycles. The summed E-state index contributed by atoms with van der Waals surface area (Å²) in [5.74, 6) is 0. The fourth-order valence-corrected chi connectivity index (χ4v) is 4.00. The third kappa shape index (κ3) is 3.31. The van der Waals surface area contributed by atoms with Crippen LogP contribution < -0.4 is 5.32 Å². The molecule has 2 atom stereocenters. The average Bonchev–Trinajstić information content (AvgIpc) is 2.67. The van der Waals surface area contributed by atoms with Crippen molar-refractivity contribution in [3.63, 3.8) is 0 Å². The molecule has 0 radical (unpaired) electrons. The summed E-state index contributed by atoms with van der Waals surface area (Å²) in [5.41, 5.74) is 1.32. The van der Waals surface area contributed by atoms with E-state index < -0.39 is 0 Å². The molecular formula is C13H20BrNOS. The maximum Gasteiger partial charge on any atom is 0.0777 e. The Kier molecular flexibility index (Phi) is 5.03. The first-order valence-corrected chi connectivity index (χ1v) is 7.94. The van der Waals surface area contributed by atoms with Crippen LogP contribution >= 0.6 is 27.3 Å². The fourth-order valence-electron chi connectivity index (χ4n) is 2.30. The van der Waals surface area contributed by atoms with Crippen LogP contribution in [0.1, 0.15) is 42.7 Å². The highest BCUT2D eigenvalue weighted by atomic mass is 79.9. The van der Waals surface area contributed by atoms with Gasteiger partial charge in [-0.25, -0.2) is 0 Å². The van der Waals surface area contributed by atoms with Gasteiger partial charge in [-0.1, -0.05) is 6.92 Å². The third-order valence-corrected chi connectivity index (χ3v) is 5.41. The van der Waals surface area contributed by atoms with Gasteiger partial charge in [0.25, 0.3) is 0 Å². The molecule has 1 N–H and O–H groups in total. The van der Waals surface area contributed by atoms with Crippen LogP contribution in [0.25, 0.3) is 0 Å². The first-order chi connectivity index (χ1) is 8.22. The van der Waals surface area contributed by atoms with Crippen LogP contribution in [-0.2, 0) is 4.74 Å². The number of hydrogen-bond acceptors (Lipinski definition) is 3. The van der Waals surface area contributed by atoms with Crippen molar-refractivity contribution in [2.75, 3.05) is 13.2 Å². The van der Waals surface area contributed by atoms with Crippen molar-refractivity contribution in [2.45, 2.75) is 45.3 Å². The van der Waals surface area contributed by atoms with Crippen molar-refractivity contribution < 1.29 is 4.74 Å². The molecular weight excluding hydrogens is 298 g/mol. The van der Waals surface area contributed by atoms with Crippen molar-refractivity contribution in [3.05, 3.63) is 20.3 Å². The minimum atomic E-state index is 0.341. The zero-order chi connectivity index (χ0) is 12.3. The van der Waals surface area contributed by atoms with Gasteiger partial charge in [-0.15, -0.1) is 11.3 Å². The van der Waals surface area contributed by atoms with Crippen molar-refractivity contribution >= 4 is 27.3 Å². The van der Waals surface area contributed by atoms with E-state index in [1.165, 1.54) is 33.5 Å². The molecule has 2 rings (SSSR count). The zero-order valence-corrected chi connectivity index (χ0v) is 12.9. The van der Waals surface area contributed by atoms with Gasteiger partial charge in [0.2, 0.25) is 0 Å². The molecule has 2 unspecified atom stereocenters. The molecule has 1 aromatic rings. The first-order valence-electron chi connectivity index (χ1n) is 6.33.